The standard InChI is InChI=1S/C41H30ClFIN3O7/c1-41-26(38(50)47(40(41)52)22-11-14-28(43)27(42)17-22)18-25-23(34(41)20-15-29(44)35(48)32(16-20)53-2)12-13-24-33(25)39(51)46(37(24)49)21-9-7-19(8-10-21)36-45-30-5-3-4-6-31(30)54-36/h3-12,14-17,24-26,33-34,48H,13,18H2,1-2H3/t24-,25+,26-,33-,34-,41+/m0/s1. The number of anilines is 2. The van der Waals surface area contributed by atoms with Crippen LogP contribution >= 0.6 is 34.2 Å². The van der Waals surface area contributed by atoms with E-state index in [0.717, 1.165) is 16.5 Å². The number of ether oxygens (including phenoxy) is 1. The summed E-state index contributed by atoms with van der Waals surface area (Å²) in [5.41, 5.74) is 2.60. The van der Waals surface area contributed by atoms with Crippen LogP contribution in [-0.4, -0.2) is 40.8 Å². The smallest absolute Gasteiger partial charge is 0.241 e. The van der Waals surface area contributed by atoms with Gasteiger partial charge in [-0.05, 0) is 121 Å². The first kappa shape index (κ1) is 34.7. The topological polar surface area (TPSA) is 130 Å². The highest BCUT2D eigenvalue weighted by Gasteiger charge is 2.67. The van der Waals surface area contributed by atoms with Crippen molar-refractivity contribution in [3.8, 4) is 23.0 Å². The number of aromatic nitrogens is 1. The number of allylic oxidation sites excluding steroid dienone is 2. The molecule has 5 aromatic rings. The molecule has 3 heterocycles. The van der Waals surface area contributed by atoms with Crippen molar-refractivity contribution in [3.05, 3.63) is 110 Å². The van der Waals surface area contributed by atoms with E-state index >= 15 is 0 Å². The summed E-state index contributed by atoms with van der Waals surface area (Å²) in [6.45, 7) is 1.75. The van der Waals surface area contributed by atoms with Crippen molar-refractivity contribution in [2.45, 2.75) is 25.7 Å². The third kappa shape index (κ3) is 4.91. The molecule has 4 amide bonds. The molecule has 10 nitrogen and oxygen atoms in total. The van der Waals surface area contributed by atoms with Gasteiger partial charge in [-0.2, -0.15) is 0 Å². The zero-order valence-corrected chi connectivity index (χ0v) is 31.7. The average molecular weight is 858 g/mol. The van der Waals surface area contributed by atoms with E-state index in [1.54, 1.807) is 43.3 Å². The number of carbonyl (C=O) groups excluding carboxylic acids is 4. The highest BCUT2D eigenvalue weighted by atomic mass is 127. The van der Waals surface area contributed by atoms with Gasteiger partial charge in [-0.1, -0.05) is 35.4 Å². The number of oxazole rings is 1. The van der Waals surface area contributed by atoms with E-state index in [1.165, 1.54) is 24.1 Å². The van der Waals surface area contributed by atoms with Gasteiger partial charge in [-0.15, -0.1) is 0 Å². The van der Waals surface area contributed by atoms with Crippen LogP contribution in [0.25, 0.3) is 22.6 Å². The Labute approximate surface area is 326 Å². The van der Waals surface area contributed by atoms with E-state index in [-0.39, 0.29) is 46.9 Å². The average Bonchev–Trinajstić information content (AvgIpc) is 3.77. The molecule has 2 saturated heterocycles. The molecule has 0 spiro atoms. The van der Waals surface area contributed by atoms with Crippen LogP contribution in [0.15, 0.2) is 94.9 Å². The number of rotatable bonds is 5. The van der Waals surface area contributed by atoms with Crippen molar-refractivity contribution < 1.29 is 37.8 Å². The van der Waals surface area contributed by atoms with Gasteiger partial charge in [0.05, 0.1) is 50.2 Å². The van der Waals surface area contributed by atoms with E-state index in [2.05, 4.69) is 4.98 Å². The number of hydrogen-bond donors (Lipinski definition) is 1. The van der Waals surface area contributed by atoms with Gasteiger partial charge in [0.25, 0.3) is 0 Å². The minimum atomic E-state index is -1.36. The number of carbonyl (C=O) groups is 4. The Hall–Kier alpha value is -5.08. The molecule has 0 radical (unpaired) electrons. The Bertz CT molecular complexity index is 2470. The fourth-order valence-corrected chi connectivity index (χ4v) is 9.99. The number of halogens is 3. The highest BCUT2D eigenvalue weighted by Crippen LogP contribution is 2.64. The number of methoxy groups -OCH3 is 1. The molecule has 272 valence electrons. The summed E-state index contributed by atoms with van der Waals surface area (Å²) in [7, 11) is 1.43. The SMILES string of the molecule is COc1cc([C@H]2C3=CC[C@@H]4C(=O)N(c5ccc(-c6nc7ccccc7o6)cc5)C(=O)[C@@H]4[C@@H]3C[C@H]3C(=O)N(c4ccc(F)c(Cl)c4)C(=O)[C@@]23C)cc(I)c1O. The third-order valence-corrected chi connectivity index (χ3v) is 12.8. The Morgan fingerprint density at radius 2 is 1.69 bits per heavy atom. The maximum atomic E-state index is 14.7. The van der Waals surface area contributed by atoms with Crippen molar-refractivity contribution in [3.63, 3.8) is 0 Å². The van der Waals surface area contributed by atoms with Crippen LogP contribution in [0, 0.1) is 38.5 Å². The molecule has 2 aliphatic heterocycles. The number of aromatic hydroxyl groups is 1. The minimum Gasteiger partial charge on any atom is -0.504 e. The molecule has 54 heavy (non-hydrogen) atoms. The summed E-state index contributed by atoms with van der Waals surface area (Å²) in [6, 6.07) is 21.4. The zero-order valence-electron chi connectivity index (χ0n) is 28.8. The van der Waals surface area contributed by atoms with E-state index in [0.29, 0.717) is 37.4 Å². The molecule has 1 saturated carbocycles. The Morgan fingerprint density at radius 1 is 0.944 bits per heavy atom. The molecule has 4 aromatic carbocycles. The lowest BCUT2D eigenvalue weighted by Gasteiger charge is -2.49. The molecule has 13 heteroatoms. The summed E-state index contributed by atoms with van der Waals surface area (Å²) in [5, 5.41) is 10.5. The summed E-state index contributed by atoms with van der Waals surface area (Å²) in [5.74, 6) is -5.57. The summed E-state index contributed by atoms with van der Waals surface area (Å²) in [6.07, 6.45) is 2.33. The largest absolute Gasteiger partial charge is 0.504 e. The van der Waals surface area contributed by atoms with Gasteiger partial charge in [0.1, 0.15) is 11.3 Å². The normalized spacial score (nSPS) is 26.2. The van der Waals surface area contributed by atoms with Crippen molar-refractivity contribution in [1.29, 1.82) is 0 Å². The third-order valence-electron chi connectivity index (χ3n) is 11.7. The summed E-state index contributed by atoms with van der Waals surface area (Å²) in [4.78, 5) is 64.8. The number of phenolic OH excluding ortho intramolecular Hbond substituents is 1. The summed E-state index contributed by atoms with van der Waals surface area (Å²) < 4.78 is 26.1. The van der Waals surface area contributed by atoms with E-state index in [4.69, 9.17) is 20.8 Å². The van der Waals surface area contributed by atoms with Crippen LogP contribution in [0.2, 0.25) is 5.02 Å². The van der Waals surface area contributed by atoms with Crippen molar-refractivity contribution in [2.75, 3.05) is 16.9 Å². The molecule has 4 aliphatic rings. The number of fused-ring (bicyclic) bond motifs is 5. The van der Waals surface area contributed by atoms with Crippen molar-refractivity contribution >= 4 is 80.3 Å². The number of phenols is 1. The fourth-order valence-electron chi connectivity index (χ4n) is 9.18. The molecule has 3 fully saturated rings. The Balaban J connectivity index is 1.12. The van der Waals surface area contributed by atoms with Crippen LogP contribution in [0.4, 0.5) is 15.8 Å². The lowest BCUT2D eigenvalue weighted by molar-refractivity contribution is -0.131. The number of nitrogens with zero attached hydrogens (tertiary/aromatic N) is 3. The van der Waals surface area contributed by atoms with Crippen LogP contribution in [-0.2, 0) is 19.2 Å². The Kier molecular flexibility index (Phi) is 8.02. The van der Waals surface area contributed by atoms with Gasteiger partial charge in [0, 0.05) is 11.5 Å². The fraction of sp³-hybridized carbons (Fsp3) is 0.244. The second-order valence-corrected chi connectivity index (χ2v) is 15.9. The monoisotopic (exact) mass is 857 g/mol. The molecule has 6 atom stereocenters. The maximum Gasteiger partial charge on any atom is 0.241 e. The molecule has 9 rings (SSSR count). The highest BCUT2D eigenvalue weighted by molar-refractivity contribution is 14.1. The predicted molar refractivity (Wildman–Crippen MR) is 205 cm³/mol. The molecule has 1 aromatic heterocycles. The van der Waals surface area contributed by atoms with E-state index in [1.807, 2.05) is 52.9 Å². The quantitative estimate of drug-likeness (QED) is 0.107. The second-order valence-electron chi connectivity index (χ2n) is 14.4. The first-order chi connectivity index (χ1) is 25.9. The van der Waals surface area contributed by atoms with Gasteiger partial charge in [-0.3, -0.25) is 24.1 Å². The lowest BCUT2D eigenvalue weighted by Crippen LogP contribution is -2.48. The van der Waals surface area contributed by atoms with Gasteiger partial charge in [0.15, 0.2) is 17.1 Å². The molecule has 0 bridgehead atoms. The van der Waals surface area contributed by atoms with E-state index in [9.17, 15) is 28.7 Å². The Morgan fingerprint density at radius 3 is 2.41 bits per heavy atom. The second kappa shape index (κ2) is 12.5. The van der Waals surface area contributed by atoms with Crippen LogP contribution in [0.5, 0.6) is 11.5 Å². The van der Waals surface area contributed by atoms with Crippen molar-refractivity contribution in [2.24, 2.45) is 29.1 Å². The van der Waals surface area contributed by atoms with Gasteiger partial charge in [-0.25, -0.2) is 14.3 Å². The number of benzene rings is 4. The predicted octanol–water partition coefficient (Wildman–Crippen LogP) is 8.04. The molecular weight excluding hydrogens is 828 g/mol. The summed E-state index contributed by atoms with van der Waals surface area (Å²) >= 11 is 8.11. The van der Waals surface area contributed by atoms with Crippen LogP contribution in [0.1, 0.15) is 31.2 Å². The zero-order chi connectivity index (χ0) is 37.8. The number of amides is 4. The van der Waals surface area contributed by atoms with Crippen LogP contribution < -0.4 is 14.5 Å². The number of para-hydroxylation sites is 2. The van der Waals surface area contributed by atoms with Gasteiger partial charge < -0.3 is 14.3 Å². The first-order valence-corrected chi connectivity index (χ1v) is 18.8. The minimum absolute atomic E-state index is 0.0701. The van der Waals surface area contributed by atoms with Crippen LogP contribution in [0.3, 0.4) is 0 Å². The lowest BCUT2D eigenvalue weighted by atomic mass is 9.51. The van der Waals surface area contributed by atoms with Gasteiger partial charge in [0.2, 0.25) is 29.5 Å². The van der Waals surface area contributed by atoms with Gasteiger partial charge >= 0.3 is 0 Å². The molecule has 1 N–H and O–H groups in total. The van der Waals surface area contributed by atoms with E-state index < -0.39 is 52.6 Å². The first-order valence-electron chi connectivity index (χ1n) is 17.4. The molecule has 2 aliphatic carbocycles. The number of hydrogen-bond acceptors (Lipinski definition) is 8. The molecular formula is C41H30ClFIN3O7. The van der Waals surface area contributed by atoms with Crippen molar-refractivity contribution in [1.82, 2.24) is 4.98 Å². The maximum absolute atomic E-state index is 14.7. The molecule has 0 unspecified atom stereocenters. The number of imide groups is 2.